The number of aryl methyl sites for hydroxylation is 1. The molecular weight excluding hydrogens is 426 g/mol. The van der Waals surface area contributed by atoms with Gasteiger partial charge in [-0.2, -0.15) is 5.10 Å². The van der Waals surface area contributed by atoms with Crippen molar-refractivity contribution < 1.29 is 5.11 Å². The Morgan fingerprint density at radius 1 is 1.06 bits per heavy atom. The van der Waals surface area contributed by atoms with Crippen LogP contribution in [0.3, 0.4) is 0 Å². The number of anilines is 1. The van der Waals surface area contributed by atoms with E-state index in [0.717, 1.165) is 29.8 Å². The Bertz CT molecular complexity index is 1060. The summed E-state index contributed by atoms with van der Waals surface area (Å²) in [5.41, 5.74) is 2.47. The molecule has 3 heterocycles. The molecule has 9 heteroatoms. The zero-order valence-electron chi connectivity index (χ0n) is 19.5. The summed E-state index contributed by atoms with van der Waals surface area (Å²) in [7, 11) is 3.91. The van der Waals surface area contributed by atoms with Crippen molar-refractivity contribution in [1.29, 1.82) is 0 Å². The highest BCUT2D eigenvalue weighted by Crippen LogP contribution is 2.34. The molecule has 8 nitrogen and oxygen atoms in total. The van der Waals surface area contributed by atoms with E-state index < -0.39 is 0 Å². The fourth-order valence-corrected chi connectivity index (χ4v) is 4.75. The van der Waals surface area contributed by atoms with Gasteiger partial charge in [-0.15, -0.1) is 22.6 Å². The second kappa shape index (κ2) is 8.67. The average molecular weight is 458 g/mol. The molecule has 0 unspecified atom stereocenters. The Morgan fingerprint density at radius 2 is 1.75 bits per heavy atom. The number of piperidine rings is 1. The molecule has 32 heavy (non-hydrogen) atoms. The maximum atomic E-state index is 10.6. The molecule has 4 rings (SSSR count). The molecule has 2 aromatic heterocycles. The highest BCUT2D eigenvalue weighted by atomic mass is 35.5. The zero-order valence-corrected chi connectivity index (χ0v) is 20.3. The Kier molecular flexibility index (Phi) is 6.49. The second-order valence-electron chi connectivity index (χ2n) is 9.84. The topological polar surface area (TPSA) is 92.0 Å². The molecule has 0 spiro atoms. The highest BCUT2D eigenvalue weighted by Gasteiger charge is 2.39. The lowest BCUT2D eigenvalue weighted by molar-refractivity contribution is 0.160. The van der Waals surface area contributed by atoms with Crippen molar-refractivity contribution >= 4 is 18.2 Å². The fourth-order valence-electron chi connectivity index (χ4n) is 4.75. The molecular formula is C23H32ClN7O. The molecule has 2 N–H and O–H groups in total. The van der Waals surface area contributed by atoms with Gasteiger partial charge in [-0.1, -0.05) is 6.07 Å². The second-order valence-corrected chi connectivity index (χ2v) is 9.84. The van der Waals surface area contributed by atoms with Gasteiger partial charge >= 0.3 is 0 Å². The van der Waals surface area contributed by atoms with Gasteiger partial charge in [0.05, 0.1) is 18.0 Å². The standard InChI is InChI=1S/C23H31N7O.ClH/c1-22(2)10-17(11-23(3,4)28-22)30(6)20-13-24-21(27-26-20)18-8-7-15(9-19(18)31)16-12-25-29(5)14-16;/h7-9,12-14,17,28,31H,10-11H2,1-6H3;1H. The third-order valence-electron chi connectivity index (χ3n) is 5.90. The van der Waals surface area contributed by atoms with Gasteiger partial charge in [0.1, 0.15) is 5.75 Å². The Balaban J connectivity index is 0.00000289. The van der Waals surface area contributed by atoms with Gasteiger partial charge < -0.3 is 15.3 Å². The van der Waals surface area contributed by atoms with Crippen LogP contribution in [0.5, 0.6) is 5.75 Å². The van der Waals surface area contributed by atoms with E-state index >= 15 is 0 Å². The zero-order chi connectivity index (χ0) is 22.4. The molecule has 3 aromatic rings. The Labute approximate surface area is 195 Å². The number of benzene rings is 1. The maximum absolute atomic E-state index is 10.6. The van der Waals surface area contributed by atoms with Crippen LogP contribution in [-0.4, -0.2) is 54.2 Å². The first-order valence-electron chi connectivity index (χ1n) is 10.6. The van der Waals surface area contributed by atoms with Crippen LogP contribution in [-0.2, 0) is 7.05 Å². The van der Waals surface area contributed by atoms with Gasteiger partial charge in [-0.05, 0) is 58.2 Å². The molecule has 0 bridgehead atoms. The number of halogens is 1. The molecule has 0 atom stereocenters. The maximum Gasteiger partial charge on any atom is 0.185 e. The van der Waals surface area contributed by atoms with E-state index in [1.165, 1.54) is 0 Å². The normalized spacial score (nSPS) is 17.6. The number of hydrogen-bond donors (Lipinski definition) is 2. The van der Waals surface area contributed by atoms with Gasteiger partial charge in [0.15, 0.2) is 11.6 Å². The van der Waals surface area contributed by atoms with E-state index in [1.54, 1.807) is 23.1 Å². The summed E-state index contributed by atoms with van der Waals surface area (Å²) in [4.78, 5) is 6.66. The van der Waals surface area contributed by atoms with E-state index in [1.807, 2.05) is 32.4 Å². The first kappa shape index (κ1) is 23.9. The summed E-state index contributed by atoms with van der Waals surface area (Å²) in [5, 5.41) is 27.2. The molecule has 1 fully saturated rings. The summed E-state index contributed by atoms with van der Waals surface area (Å²) in [6, 6.07) is 5.78. The minimum absolute atomic E-state index is 0. The molecule has 1 aliphatic rings. The number of phenols is 1. The number of hydrogen-bond acceptors (Lipinski definition) is 7. The first-order valence-corrected chi connectivity index (χ1v) is 10.6. The lowest BCUT2D eigenvalue weighted by Crippen LogP contribution is -2.62. The van der Waals surface area contributed by atoms with E-state index in [0.29, 0.717) is 17.4 Å². The van der Waals surface area contributed by atoms with Crippen molar-refractivity contribution in [2.75, 3.05) is 11.9 Å². The van der Waals surface area contributed by atoms with Crippen LogP contribution in [0.1, 0.15) is 40.5 Å². The molecule has 1 aromatic carbocycles. The lowest BCUT2D eigenvalue weighted by atomic mass is 9.79. The Morgan fingerprint density at radius 3 is 2.28 bits per heavy atom. The summed E-state index contributed by atoms with van der Waals surface area (Å²) in [5.74, 6) is 1.25. The van der Waals surface area contributed by atoms with Crippen LogP contribution in [0, 0.1) is 0 Å². The van der Waals surface area contributed by atoms with Gasteiger partial charge in [0.25, 0.3) is 0 Å². The van der Waals surface area contributed by atoms with Gasteiger partial charge in [0.2, 0.25) is 0 Å². The van der Waals surface area contributed by atoms with Crippen molar-refractivity contribution in [3.63, 3.8) is 0 Å². The largest absolute Gasteiger partial charge is 0.507 e. The van der Waals surface area contributed by atoms with Crippen molar-refractivity contribution in [2.24, 2.45) is 7.05 Å². The summed E-state index contributed by atoms with van der Waals surface area (Å²) in [6.07, 6.45) is 7.42. The highest BCUT2D eigenvalue weighted by molar-refractivity contribution is 5.85. The van der Waals surface area contributed by atoms with Crippen molar-refractivity contribution in [2.45, 2.75) is 57.7 Å². The van der Waals surface area contributed by atoms with E-state index in [2.05, 4.69) is 58.2 Å². The minimum atomic E-state index is 0. The van der Waals surface area contributed by atoms with Crippen molar-refractivity contribution in [3.05, 3.63) is 36.8 Å². The minimum Gasteiger partial charge on any atom is -0.507 e. The van der Waals surface area contributed by atoms with Gasteiger partial charge in [0, 0.05) is 43.0 Å². The summed E-state index contributed by atoms with van der Waals surface area (Å²) < 4.78 is 1.73. The van der Waals surface area contributed by atoms with Crippen LogP contribution < -0.4 is 10.2 Å². The number of aromatic nitrogens is 5. The predicted octanol–water partition coefficient (Wildman–Crippen LogP) is 3.81. The lowest BCUT2D eigenvalue weighted by Gasteiger charge is -2.49. The first-order chi connectivity index (χ1) is 14.5. The fraction of sp³-hybridized carbons (Fsp3) is 0.478. The van der Waals surface area contributed by atoms with Crippen molar-refractivity contribution in [1.82, 2.24) is 30.3 Å². The summed E-state index contributed by atoms with van der Waals surface area (Å²) >= 11 is 0. The molecule has 0 aliphatic carbocycles. The molecule has 0 amide bonds. The third-order valence-corrected chi connectivity index (χ3v) is 5.90. The smallest absolute Gasteiger partial charge is 0.185 e. The van der Waals surface area contributed by atoms with E-state index in [9.17, 15) is 5.11 Å². The van der Waals surface area contributed by atoms with Crippen LogP contribution >= 0.6 is 12.4 Å². The SMILES string of the molecule is CN(c1cnc(-c2ccc(-c3cnn(C)c3)cc2O)nn1)C1CC(C)(C)NC(C)(C)C1.Cl. The van der Waals surface area contributed by atoms with Crippen LogP contribution in [0.15, 0.2) is 36.8 Å². The van der Waals surface area contributed by atoms with Gasteiger partial charge in [-0.3, -0.25) is 4.68 Å². The third kappa shape index (κ3) is 5.02. The number of rotatable bonds is 4. The van der Waals surface area contributed by atoms with Crippen LogP contribution in [0.2, 0.25) is 0 Å². The molecule has 0 saturated carbocycles. The van der Waals surface area contributed by atoms with Crippen molar-refractivity contribution in [3.8, 4) is 28.3 Å². The molecule has 172 valence electrons. The number of phenolic OH excluding ortho intramolecular Hbond substituents is 1. The molecule has 1 aliphatic heterocycles. The average Bonchev–Trinajstić information content (AvgIpc) is 3.11. The van der Waals surface area contributed by atoms with E-state index in [-0.39, 0.29) is 29.2 Å². The Hall–Kier alpha value is -2.71. The number of nitrogens with zero attached hydrogens (tertiary/aromatic N) is 6. The molecule has 1 saturated heterocycles. The summed E-state index contributed by atoms with van der Waals surface area (Å²) in [6.45, 7) is 8.94. The molecule has 0 radical (unpaired) electrons. The monoisotopic (exact) mass is 457 g/mol. The van der Waals surface area contributed by atoms with Crippen LogP contribution in [0.25, 0.3) is 22.5 Å². The van der Waals surface area contributed by atoms with E-state index in [4.69, 9.17) is 0 Å². The van der Waals surface area contributed by atoms with Gasteiger partial charge in [-0.25, -0.2) is 4.98 Å². The predicted molar refractivity (Wildman–Crippen MR) is 129 cm³/mol. The number of nitrogens with one attached hydrogen (secondary N) is 1. The quantitative estimate of drug-likeness (QED) is 0.615. The van der Waals surface area contributed by atoms with Crippen LogP contribution in [0.4, 0.5) is 5.82 Å². The number of aromatic hydroxyl groups is 1.